The van der Waals surface area contributed by atoms with Gasteiger partial charge in [0.2, 0.25) is 0 Å². The molecule has 0 aromatic heterocycles. The van der Waals surface area contributed by atoms with Gasteiger partial charge in [0.25, 0.3) is 5.91 Å². The maximum absolute atomic E-state index is 12.2. The van der Waals surface area contributed by atoms with Crippen molar-refractivity contribution in [3.63, 3.8) is 0 Å². The van der Waals surface area contributed by atoms with E-state index in [2.05, 4.69) is 5.32 Å². The van der Waals surface area contributed by atoms with Crippen molar-refractivity contribution in [2.24, 2.45) is 0 Å². The summed E-state index contributed by atoms with van der Waals surface area (Å²) >= 11 is 0. The van der Waals surface area contributed by atoms with Crippen LogP contribution in [0.25, 0.3) is 0 Å². The fourth-order valence-electron chi connectivity index (χ4n) is 1.82. The number of carbonyl (C=O) groups excluding carboxylic acids is 1. The number of hydrogen-bond acceptors (Lipinski definition) is 3. The molecule has 0 atom stereocenters. The van der Waals surface area contributed by atoms with E-state index in [9.17, 15) is 4.79 Å². The number of nitrogens with one attached hydrogen (secondary N) is 1. The van der Waals surface area contributed by atoms with Gasteiger partial charge in [0.1, 0.15) is 6.07 Å². The summed E-state index contributed by atoms with van der Waals surface area (Å²) in [7, 11) is 0. The summed E-state index contributed by atoms with van der Waals surface area (Å²) in [6, 6.07) is 14.0. The lowest BCUT2D eigenvalue weighted by atomic mass is 10.1. The molecule has 0 aliphatic rings. The molecule has 94 valence electrons. The van der Waals surface area contributed by atoms with Crippen molar-refractivity contribution in [1.29, 1.82) is 5.26 Å². The van der Waals surface area contributed by atoms with Gasteiger partial charge in [0.05, 0.1) is 11.3 Å². The topological polar surface area (TPSA) is 78.9 Å². The zero-order chi connectivity index (χ0) is 13.8. The van der Waals surface area contributed by atoms with Gasteiger partial charge in [-0.25, -0.2) is 0 Å². The van der Waals surface area contributed by atoms with Crippen LogP contribution in [0.2, 0.25) is 0 Å². The predicted molar refractivity (Wildman–Crippen MR) is 74.7 cm³/mol. The van der Waals surface area contributed by atoms with Crippen molar-refractivity contribution in [3.8, 4) is 6.07 Å². The number of rotatable bonds is 2. The molecule has 2 aromatic carbocycles. The van der Waals surface area contributed by atoms with Crippen LogP contribution in [0, 0.1) is 18.3 Å². The van der Waals surface area contributed by atoms with Crippen LogP contribution in [0.5, 0.6) is 0 Å². The summed E-state index contributed by atoms with van der Waals surface area (Å²) in [5, 5.41) is 11.7. The summed E-state index contributed by atoms with van der Waals surface area (Å²) in [4.78, 5) is 12.2. The number of amides is 1. The fraction of sp³-hybridized carbons (Fsp3) is 0.0667. The van der Waals surface area contributed by atoms with Crippen LogP contribution in [0.1, 0.15) is 21.5 Å². The number of nitrogen functional groups attached to an aromatic ring is 1. The first-order chi connectivity index (χ1) is 9.11. The number of para-hydroxylation sites is 1. The normalized spacial score (nSPS) is 9.68. The molecule has 3 N–H and O–H groups in total. The molecule has 0 unspecified atom stereocenters. The van der Waals surface area contributed by atoms with Crippen LogP contribution in [0.15, 0.2) is 42.5 Å². The molecular weight excluding hydrogens is 238 g/mol. The van der Waals surface area contributed by atoms with E-state index < -0.39 is 0 Å². The lowest BCUT2D eigenvalue weighted by Crippen LogP contribution is -2.14. The Labute approximate surface area is 111 Å². The molecule has 2 rings (SSSR count). The van der Waals surface area contributed by atoms with Crippen LogP contribution in [-0.4, -0.2) is 5.91 Å². The third-order valence-electron chi connectivity index (χ3n) is 2.79. The van der Waals surface area contributed by atoms with Crippen molar-refractivity contribution in [2.75, 3.05) is 11.1 Å². The SMILES string of the molecule is Cc1cc(N)ccc1C(=O)Nc1ccccc1C#N. The van der Waals surface area contributed by atoms with Gasteiger partial charge in [-0.15, -0.1) is 0 Å². The molecule has 0 heterocycles. The molecule has 0 aliphatic carbocycles. The molecule has 2 aromatic rings. The number of nitrogens with zero attached hydrogens (tertiary/aromatic N) is 1. The smallest absolute Gasteiger partial charge is 0.255 e. The summed E-state index contributed by atoms with van der Waals surface area (Å²) in [5.74, 6) is -0.250. The summed E-state index contributed by atoms with van der Waals surface area (Å²) in [6.45, 7) is 1.82. The van der Waals surface area contributed by atoms with Gasteiger partial charge in [-0.3, -0.25) is 4.79 Å². The largest absolute Gasteiger partial charge is 0.399 e. The van der Waals surface area contributed by atoms with E-state index in [0.29, 0.717) is 22.5 Å². The Kier molecular flexibility index (Phi) is 3.48. The van der Waals surface area contributed by atoms with Gasteiger partial charge < -0.3 is 11.1 Å². The first kappa shape index (κ1) is 12.7. The Hall–Kier alpha value is -2.80. The first-order valence-electron chi connectivity index (χ1n) is 5.78. The third kappa shape index (κ3) is 2.72. The zero-order valence-electron chi connectivity index (χ0n) is 10.5. The summed E-state index contributed by atoms with van der Waals surface area (Å²) < 4.78 is 0. The second kappa shape index (κ2) is 5.23. The van der Waals surface area contributed by atoms with Gasteiger partial charge in [0, 0.05) is 11.3 Å². The van der Waals surface area contributed by atoms with Gasteiger partial charge >= 0.3 is 0 Å². The molecule has 0 bridgehead atoms. The second-order valence-corrected chi connectivity index (χ2v) is 4.19. The average Bonchev–Trinajstić information content (AvgIpc) is 2.39. The van der Waals surface area contributed by atoms with E-state index in [1.165, 1.54) is 0 Å². The molecule has 0 saturated heterocycles. The highest BCUT2D eigenvalue weighted by molar-refractivity contribution is 6.06. The lowest BCUT2D eigenvalue weighted by Gasteiger charge is -2.09. The minimum atomic E-state index is -0.250. The van der Waals surface area contributed by atoms with Crippen LogP contribution < -0.4 is 11.1 Å². The van der Waals surface area contributed by atoms with Crippen LogP contribution in [0.3, 0.4) is 0 Å². The van der Waals surface area contributed by atoms with Crippen LogP contribution >= 0.6 is 0 Å². The Bertz CT molecular complexity index is 671. The number of carbonyl (C=O) groups is 1. The number of nitrogens with two attached hydrogens (primary N) is 1. The average molecular weight is 251 g/mol. The molecule has 0 spiro atoms. The van der Waals surface area contributed by atoms with Gasteiger partial charge in [0.15, 0.2) is 0 Å². The molecule has 0 aliphatic heterocycles. The highest BCUT2D eigenvalue weighted by Gasteiger charge is 2.11. The zero-order valence-corrected chi connectivity index (χ0v) is 10.5. The van der Waals surface area contributed by atoms with Gasteiger partial charge in [-0.1, -0.05) is 12.1 Å². The standard InChI is InChI=1S/C15H13N3O/c1-10-8-12(17)6-7-13(10)15(19)18-14-5-3-2-4-11(14)9-16/h2-8H,17H2,1H3,(H,18,19). The van der Waals surface area contributed by atoms with E-state index in [4.69, 9.17) is 11.0 Å². The number of aryl methyl sites for hydroxylation is 1. The fourth-order valence-corrected chi connectivity index (χ4v) is 1.82. The molecule has 4 nitrogen and oxygen atoms in total. The highest BCUT2D eigenvalue weighted by atomic mass is 16.1. The number of hydrogen-bond donors (Lipinski definition) is 2. The maximum Gasteiger partial charge on any atom is 0.255 e. The molecule has 4 heteroatoms. The molecule has 1 amide bonds. The molecule has 0 radical (unpaired) electrons. The summed E-state index contributed by atoms with van der Waals surface area (Å²) in [6.07, 6.45) is 0. The van der Waals surface area contributed by atoms with Gasteiger partial charge in [-0.2, -0.15) is 5.26 Å². The van der Waals surface area contributed by atoms with Crippen LogP contribution in [-0.2, 0) is 0 Å². The summed E-state index contributed by atoms with van der Waals surface area (Å²) in [5.41, 5.74) is 8.55. The van der Waals surface area contributed by atoms with Crippen molar-refractivity contribution >= 4 is 17.3 Å². The third-order valence-corrected chi connectivity index (χ3v) is 2.79. The van der Waals surface area contributed by atoms with E-state index in [0.717, 1.165) is 5.56 Å². The van der Waals surface area contributed by atoms with Crippen molar-refractivity contribution < 1.29 is 4.79 Å². The Morgan fingerprint density at radius 2 is 2.00 bits per heavy atom. The van der Waals surface area contributed by atoms with Crippen LogP contribution in [0.4, 0.5) is 11.4 Å². The molecular formula is C15H13N3O. The number of benzene rings is 2. The van der Waals surface area contributed by atoms with E-state index >= 15 is 0 Å². The number of nitriles is 1. The molecule has 0 saturated carbocycles. The lowest BCUT2D eigenvalue weighted by molar-refractivity contribution is 0.102. The number of anilines is 2. The Morgan fingerprint density at radius 1 is 1.26 bits per heavy atom. The minimum Gasteiger partial charge on any atom is -0.399 e. The van der Waals surface area contributed by atoms with Crippen molar-refractivity contribution in [1.82, 2.24) is 0 Å². The Morgan fingerprint density at radius 3 is 2.68 bits per heavy atom. The first-order valence-corrected chi connectivity index (χ1v) is 5.78. The van der Waals surface area contributed by atoms with Crippen molar-refractivity contribution in [3.05, 3.63) is 59.2 Å². The minimum absolute atomic E-state index is 0.250. The van der Waals surface area contributed by atoms with E-state index in [-0.39, 0.29) is 5.91 Å². The quantitative estimate of drug-likeness (QED) is 0.805. The van der Waals surface area contributed by atoms with Gasteiger partial charge in [-0.05, 0) is 42.8 Å². The second-order valence-electron chi connectivity index (χ2n) is 4.19. The monoisotopic (exact) mass is 251 g/mol. The highest BCUT2D eigenvalue weighted by Crippen LogP contribution is 2.17. The Balaban J connectivity index is 2.29. The predicted octanol–water partition coefficient (Wildman–Crippen LogP) is 2.70. The maximum atomic E-state index is 12.2. The molecule has 0 fully saturated rings. The van der Waals surface area contributed by atoms with Crippen molar-refractivity contribution in [2.45, 2.75) is 6.92 Å². The van der Waals surface area contributed by atoms with E-state index in [1.54, 1.807) is 42.5 Å². The van der Waals surface area contributed by atoms with E-state index in [1.807, 2.05) is 13.0 Å². The molecule has 19 heavy (non-hydrogen) atoms.